The maximum atomic E-state index is 13.7. The van der Waals surface area contributed by atoms with Crippen LogP contribution >= 0.6 is 10.7 Å². The number of carbonyl (C=O) groups is 8. The number of amides is 2. The Hall–Kier alpha value is -9.76. The summed E-state index contributed by atoms with van der Waals surface area (Å²) in [5.41, 5.74) is 4.66. The van der Waals surface area contributed by atoms with Crippen molar-refractivity contribution in [2.45, 2.75) is 253 Å². The molecular weight excluding hydrogens is 1750 g/mol. The number of piperidine rings is 2. The maximum absolute atomic E-state index is 13.7. The second kappa shape index (κ2) is 49.3. The third-order valence-electron chi connectivity index (χ3n) is 26.7. The Balaban J connectivity index is 0.000000179. The van der Waals surface area contributed by atoms with Crippen molar-refractivity contribution in [3.05, 3.63) is 132 Å². The number of ketones is 2. The van der Waals surface area contributed by atoms with Crippen LogP contribution in [0.5, 0.6) is 11.8 Å². The van der Waals surface area contributed by atoms with Crippen LogP contribution in [0.2, 0.25) is 0 Å². The summed E-state index contributed by atoms with van der Waals surface area (Å²) in [7, 11) is -2.22. The fourth-order valence-electron chi connectivity index (χ4n) is 21.4. The molecule has 4 aliphatic heterocycles. The molecule has 4 saturated heterocycles. The average molecular weight is 1880 g/mol. The summed E-state index contributed by atoms with van der Waals surface area (Å²) in [4.78, 5) is 110. The number of aryl methyl sites for hydroxylation is 2. The van der Waals surface area contributed by atoms with Crippen molar-refractivity contribution in [3.8, 4) is 29.2 Å². The predicted octanol–water partition coefficient (Wildman–Crippen LogP) is 14.7. The first-order valence-electron chi connectivity index (χ1n) is 45.4. The molecule has 2 aromatic carbocycles. The number of aliphatic hydroxyl groups excluding tert-OH is 1. The summed E-state index contributed by atoms with van der Waals surface area (Å²) in [5, 5.41) is 34.5. The number of aromatic nitrogens is 8. The molecule has 0 spiro atoms. The van der Waals surface area contributed by atoms with Gasteiger partial charge in [0.1, 0.15) is 29.1 Å². The van der Waals surface area contributed by atoms with E-state index in [2.05, 4.69) is 55.6 Å². The zero-order valence-corrected chi connectivity index (χ0v) is 77.1. The maximum Gasteiger partial charge on any atom is 0.411 e. The summed E-state index contributed by atoms with van der Waals surface area (Å²) in [6, 6.07) is 19.4. The number of aliphatic hydroxyl groups is 1. The molecule has 2 amide bonds. The van der Waals surface area contributed by atoms with E-state index in [1.54, 1.807) is 45.6 Å². The third-order valence-corrected chi connectivity index (χ3v) is 27.3. The molecule has 131 heavy (non-hydrogen) atoms. The summed E-state index contributed by atoms with van der Waals surface area (Å²) in [6.45, 7) is 13.2. The molecule has 4 aromatic heterocycles. The van der Waals surface area contributed by atoms with Crippen molar-refractivity contribution >= 4 is 77.1 Å². The van der Waals surface area contributed by atoms with E-state index in [0.717, 1.165) is 170 Å². The Morgan fingerprint density at radius 2 is 0.908 bits per heavy atom. The van der Waals surface area contributed by atoms with Gasteiger partial charge in [-0.15, -0.1) is 0 Å². The number of pyridine rings is 2. The second-order valence-electron chi connectivity index (χ2n) is 35.8. The van der Waals surface area contributed by atoms with Crippen molar-refractivity contribution in [2.24, 2.45) is 76.9 Å². The SMILES string of the molecule is C.C.CCOC(=O)C#N.CCOC(=O)C1C(=O)CC2CCC1C2.CCOC(=O)C1C(O)CC2CCC1C2.CCOC(=O)C1C2CCC(C2)CC1OS(C)(=O)=O.CS(=O)(=O)Cl.Cc1ccc(-n2nccn2)c(C(=O)N2C3CC[C@H](COc4ccc(F)cn4)[C@@H]2CC3)c1.Cc1ccc(-n2nccn2)c(C(=O)N2C3CC[C@H]2CC[C@@H]3COc2ccc(F)cn2)c1.O=C1CC2CC[C@@H](C1)C2. The first-order valence-corrected chi connectivity index (χ1v) is 49.9. The molecular formula is C95H130ClF2N11O20S2. The lowest BCUT2D eigenvalue weighted by Gasteiger charge is -2.40. The van der Waals surface area contributed by atoms with Crippen LogP contribution < -0.4 is 9.47 Å². The standard InChI is InChI=1S/2C23H24FN5O2.C12H20O5S.C11H18O3.C11H16O3.C8H12O.C4H5NO2.CH3ClO2S.2CH4/c2*1-15-2-7-21(29-26-10-11-27-29)19(12-15)23(30)28-18-5-3-16(20(28)8-6-18)14-31-22-9-4-17(24)13-25-22;1-3-16-12(13)11-9-5-4-8(6-9)7-10(11)17-18(2,14)15;2*1-2-14-11(13)10-8-4-3-7(5-8)6-9(10)12;9-8-4-6-1-2-7(3-6)5-8;1-2-7-4(6)3-5;1-5(2,3)4;;/h2*2,4,7,9-13,16,18,20H,3,5-6,8,14H2,1H3;8-11H,3-7H2,1-2H3;7-10,12H,2-6H2,1H3;7-8,10H,2-6H2,1H3;6-7H,1-5H2;2H2,1H3;1H3;2*1H4/t16-,18?,20+;16-,18-,20?;;;;6-,7?;;;;/m11...1..../s1. The largest absolute Gasteiger partial charge is 0.477 e. The Bertz CT molecular complexity index is 4860. The van der Waals surface area contributed by atoms with E-state index in [1.165, 1.54) is 65.6 Å². The molecule has 1 N–H and O–H groups in total. The zero-order chi connectivity index (χ0) is 92.8. The topological polar surface area (TPSA) is 407 Å². The molecule has 12 fully saturated rings. The number of nitrogens with zero attached hydrogens (tertiary/aromatic N) is 11. The number of hydrogen-bond acceptors (Lipinski definition) is 27. The molecule has 14 unspecified atom stereocenters. The van der Waals surface area contributed by atoms with Crippen LogP contribution in [-0.4, -0.2) is 207 Å². The fourth-order valence-corrected chi connectivity index (χ4v) is 22.1. The number of rotatable bonds is 19. The summed E-state index contributed by atoms with van der Waals surface area (Å²) < 4.78 is 104. The lowest BCUT2D eigenvalue weighted by molar-refractivity contribution is -0.157. The van der Waals surface area contributed by atoms with Gasteiger partial charge in [-0.1, -0.05) is 51.0 Å². The van der Waals surface area contributed by atoms with Crippen LogP contribution in [0.3, 0.4) is 0 Å². The molecule has 31 nitrogen and oxygen atoms in total. The molecule has 6 aromatic rings. The second-order valence-corrected chi connectivity index (χ2v) is 40.4. The van der Waals surface area contributed by atoms with Gasteiger partial charge in [0.15, 0.2) is 6.07 Å². The van der Waals surface area contributed by atoms with E-state index in [0.29, 0.717) is 110 Å². The van der Waals surface area contributed by atoms with Crippen molar-refractivity contribution in [3.63, 3.8) is 0 Å². The summed E-state index contributed by atoms with van der Waals surface area (Å²) >= 11 is 0. The summed E-state index contributed by atoms with van der Waals surface area (Å²) in [5.74, 6) is 2.59. The van der Waals surface area contributed by atoms with Gasteiger partial charge in [0.25, 0.3) is 21.9 Å². The van der Waals surface area contributed by atoms with E-state index in [-0.39, 0.29) is 122 Å². The van der Waals surface area contributed by atoms with Crippen molar-refractivity contribution in [1.29, 1.82) is 5.26 Å². The minimum absolute atomic E-state index is 0. The van der Waals surface area contributed by atoms with Crippen LogP contribution in [0.4, 0.5) is 8.78 Å². The fraction of sp³-hybridized carbons (Fsp3) is 0.632. The number of hydrogen-bond donors (Lipinski definition) is 1. The molecule has 12 bridgehead atoms. The van der Waals surface area contributed by atoms with Gasteiger partial charge in [-0.2, -0.15) is 43.7 Å². The molecule has 718 valence electrons. The number of esters is 4. The Morgan fingerprint density at radius 1 is 0.504 bits per heavy atom. The van der Waals surface area contributed by atoms with Gasteiger partial charge in [0.2, 0.25) is 20.8 Å². The number of Topliss-reactive ketones (excluding diaryl/α,β-unsaturated/α-hetero) is 2. The third kappa shape index (κ3) is 29.4. The first-order chi connectivity index (χ1) is 61.7. The number of ether oxygens (including phenoxy) is 6. The van der Waals surface area contributed by atoms with Crippen molar-refractivity contribution in [1.82, 2.24) is 49.8 Å². The highest BCUT2D eigenvalue weighted by Gasteiger charge is 2.51. The van der Waals surface area contributed by atoms with Crippen LogP contribution in [0.15, 0.2) is 97.8 Å². The lowest BCUT2D eigenvalue weighted by Crippen LogP contribution is -2.49. The van der Waals surface area contributed by atoms with Crippen molar-refractivity contribution in [2.75, 3.05) is 52.2 Å². The van der Waals surface area contributed by atoms with Gasteiger partial charge >= 0.3 is 23.9 Å². The molecule has 19 atom stereocenters. The van der Waals surface area contributed by atoms with E-state index < -0.39 is 49.2 Å². The Morgan fingerprint density at radius 3 is 1.34 bits per heavy atom. The average Bonchev–Trinajstić information content (AvgIpc) is 1.64. The van der Waals surface area contributed by atoms with E-state index in [1.807, 2.05) is 57.2 Å². The smallest absolute Gasteiger partial charge is 0.411 e. The van der Waals surface area contributed by atoms with Crippen LogP contribution in [-0.2, 0) is 71.1 Å². The van der Waals surface area contributed by atoms with Crippen LogP contribution in [0, 0.1) is 114 Å². The van der Waals surface area contributed by atoms with E-state index in [9.17, 15) is 69.1 Å². The molecule has 8 heterocycles. The first kappa shape index (κ1) is 105. The molecule has 12 aliphatic rings. The number of carbonyl (C=O) groups excluding carboxylic acids is 8. The van der Waals surface area contributed by atoms with Crippen molar-refractivity contribution < 1.29 is 102 Å². The van der Waals surface area contributed by atoms with Gasteiger partial charge in [0, 0.05) is 78.1 Å². The summed E-state index contributed by atoms with van der Waals surface area (Å²) in [6.07, 6.45) is 35.0. The number of fused-ring (bicyclic) bond motifs is 12. The monoisotopic (exact) mass is 1880 g/mol. The number of halogens is 3. The van der Waals surface area contributed by atoms with Crippen LogP contribution in [0.25, 0.3) is 11.4 Å². The van der Waals surface area contributed by atoms with E-state index >= 15 is 0 Å². The van der Waals surface area contributed by atoms with Gasteiger partial charge in [-0.05, 0) is 254 Å². The van der Waals surface area contributed by atoms with Gasteiger partial charge in [0.05, 0.1) is 136 Å². The molecule has 36 heteroatoms. The molecule has 8 aliphatic carbocycles. The minimum atomic E-state index is -3.53. The highest BCUT2D eigenvalue weighted by Crippen LogP contribution is 2.50. The van der Waals surface area contributed by atoms with Gasteiger partial charge in [-0.3, -0.25) is 37.7 Å². The molecule has 0 radical (unpaired) electrons. The van der Waals surface area contributed by atoms with Gasteiger partial charge < -0.3 is 43.3 Å². The molecule has 18 rings (SSSR count). The quantitative estimate of drug-likeness (QED) is 0.0196. The zero-order valence-electron chi connectivity index (χ0n) is 74.7. The van der Waals surface area contributed by atoms with Gasteiger partial charge in [-0.25, -0.2) is 32.0 Å². The Labute approximate surface area is 772 Å². The number of nitriles is 1. The van der Waals surface area contributed by atoms with Crippen LogP contribution in [0.1, 0.15) is 235 Å². The minimum Gasteiger partial charge on any atom is -0.477 e. The molecule has 8 saturated carbocycles. The normalized spacial score (nSPS) is 27.4. The van der Waals surface area contributed by atoms with E-state index in [4.69, 9.17) is 33.1 Å². The highest BCUT2D eigenvalue weighted by atomic mass is 35.7. The Kier molecular flexibility index (Phi) is 39.5. The lowest BCUT2D eigenvalue weighted by atomic mass is 9.78. The highest BCUT2D eigenvalue weighted by molar-refractivity contribution is 8.13. The number of benzene rings is 2. The predicted molar refractivity (Wildman–Crippen MR) is 482 cm³/mol.